The molecule has 0 spiro atoms. The Morgan fingerprint density at radius 3 is 2.66 bits per heavy atom. The van der Waals surface area contributed by atoms with Gasteiger partial charge in [0.05, 0.1) is 12.2 Å². The molecule has 0 radical (unpaired) electrons. The zero-order chi connectivity index (χ0) is 25.2. The lowest BCUT2D eigenvalue weighted by molar-refractivity contribution is 0.304. The van der Waals surface area contributed by atoms with Gasteiger partial charge in [-0.3, -0.25) is 9.67 Å². The highest BCUT2D eigenvalue weighted by Gasteiger charge is 2.33. The normalized spacial score (nSPS) is 14.9. The molecule has 1 aromatic carbocycles. The summed E-state index contributed by atoms with van der Waals surface area (Å²) in [5, 5.41) is 4.95. The number of benzene rings is 1. The largest absolute Gasteiger partial charge is 0.389 e. The Morgan fingerprint density at radius 1 is 1.29 bits per heavy atom. The fourth-order valence-corrected chi connectivity index (χ4v) is 4.92. The molecule has 0 saturated carbocycles. The summed E-state index contributed by atoms with van der Waals surface area (Å²) in [6.07, 6.45) is 9.30. The number of hydrogen-bond acceptors (Lipinski definition) is 5. The van der Waals surface area contributed by atoms with Crippen LogP contribution in [0.25, 0.3) is 5.70 Å². The summed E-state index contributed by atoms with van der Waals surface area (Å²) in [6.45, 7) is 17.5. The van der Waals surface area contributed by atoms with Crippen LogP contribution in [0.4, 0.5) is 0 Å². The molecule has 1 aliphatic carbocycles. The highest BCUT2D eigenvalue weighted by Crippen LogP contribution is 2.37. The Balaban J connectivity index is 1.73. The van der Waals surface area contributed by atoms with E-state index in [1.807, 2.05) is 18.3 Å². The average Bonchev–Trinajstić information content (AvgIpc) is 3.16. The van der Waals surface area contributed by atoms with Crippen LogP contribution in [-0.4, -0.2) is 20.7 Å². The van der Waals surface area contributed by atoms with Crippen LogP contribution in [0.5, 0.6) is 0 Å². The van der Waals surface area contributed by atoms with Crippen LogP contribution in [0, 0.1) is 19.3 Å². The molecule has 1 aliphatic rings. The monoisotopic (exact) mass is 469 g/mol. The van der Waals surface area contributed by atoms with Crippen molar-refractivity contribution in [1.82, 2.24) is 14.8 Å². The van der Waals surface area contributed by atoms with Crippen LogP contribution in [-0.2, 0) is 30.6 Å². The predicted octanol–water partition coefficient (Wildman–Crippen LogP) is 5.49. The molecular formula is C29H35N5O. The first-order valence-electron chi connectivity index (χ1n) is 12.1. The molecule has 0 atom stereocenters. The van der Waals surface area contributed by atoms with E-state index in [1.165, 1.54) is 22.4 Å². The second kappa shape index (κ2) is 10.0. The van der Waals surface area contributed by atoms with Gasteiger partial charge in [0, 0.05) is 29.2 Å². The van der Waals surface area contributed by atoms with Gasteiger partial charge in [-0.2, -0.15) is 11.0 Å². The van der Waals surface area contributed by atoms with Gasteiger partial charge in [-0.1, -0.05) is 32.6 Å². The van der Waals surface area contributed by atoms with Crippen LogP contribution in [0.2, 0.25) is 0 Å². The number of rotatable bonds is 7. The molecule has 6 heteroatoms. The smallest absolute Gasteiger partial charge is 0.266 e. The predicted molar refractivity (Wildman–Crippen MR) is 142 cm³/mol. The van der Waals surface area contributed by atoms with E-state index in [9.17, 15) is 0 Å². The van der Waals surface area contributed by atoms with Crippen molar-refractivity contribution < 1.29 is 4.84 Å². The third-order valence-corrected chi connectivity index (χ3v) is 6.85. The summed E-state index contributed by atoms with van der Waals surface area (Å²) >= 11 is 0. The number of nitrogens with two attached hydrogens (primary N) is 1. The molecular weight excluding hydrogens is 434 g/mol. The minimum absolute atomic E-state index is 0.198. The van der Waals surface area contributed by atoms with Gasteiger partial charge in [-0.25, -0.2) is 4.99 Å². The number of fused-ring (bicyclic) bond motifs is 1. The Kier molecular flexibility index (Phi) is 7.03. The van der Waals surface area contributed by atoms with Crippen molar-refractivity contribution in [2.24, 2.45) is 16.3 Å². The highest BCUT2D eigenvalue weighted by molar-refractivity contribution is 5.97. The number of aryl methyl sites for hydroxylation is 2. The lowest BCUT2D eigenvalue weighted by Crippen LogP contribution is -2.25. The number of hydrogen-bond donors (Lipinski definition) is 1. The number of aliphatic imine (C=N–C) groups is 1. The van der Waals surface area contributed by atoms with Crippen LogP contribution in [0.1, 0.15) is 65.0 Å². The first kappa shape index (κ1) is 24.6. The van der Waals surface area contributed by atoms with E-state index >= 15 is 0 Å². The van der Waals surface area contributed by atoms with Crippen molar-refractivity contribution in [3.8, 4) is 0 Å². The number of nitrogens with zero attached hydrogens (tertiary/aromatic N) is 4. The maximum absolute atomic E-state index is 5.76. The standard InChI is InChI=1S/C29H35N5O/c1-7-9-24-19(2)14-23(15-20(24)3)21(4)32-28(35-30)27-25-11-12-29(5,6)16-26(25)34(33-27)18-22-10-8-13-31-17-22/h7-8,10,13-15,17H,1,4,9,11-12,16,18,30H2,2-3,5-6H3. The quantitative estimate of drug-likeness (QED) is 0.215. The molecule has 0 fully saturated rings. The first-order chi connectivity index (χ1) is 16.7. The average molecular weight is 470 g/mol. The molecule has 3 aromatic rings. The van der Waals surface area contributed by atoms with Gasteiger partial charge >= 0.3 is 0 Å². The molecule has 0 unspecified atom stereocenters. The van der Waals surface area contributed by atoms with E-state index in [0.717, 1.165) is 42.4 Å². The number of aromatic nitrogens is 3. The SMILES string of the molecule is C=CCc1c(C)cc(C(=C)N=C(ON)c2nn(Cc3cccnc3)c3c2CCC(C)(C)C3)cc1C. The van der Waals surface area contributed by atoms with Crippen molar-refractivity contribution in [3.05, 3.63) is 101 Å². The fraction of sp³-hybridized carbons (Fsp3) is 0.345. The maximum Gasteiger partial charge on any atom is 0.266 e. The second-order valence-electron chi connectivity index (χ2n) is 10.2. The van der Waals surface area contributed by atoms with Crippen molar-refractivity contribution in [2.45, 2.75) is 59.9 Å². The summed E-state index contributed by atoms with van der Waals surface area (Å²) in [5.74, 6) is 6.05. The lowest BCUT2D eigenvalue weighted by atomic mass is 9.76. The van der Waals surface area contributed by atoms with Crippen molar-refractivity contribution in [3.63, 3.8) is 0 Å². The number of pyridine rings is 1. The Labute approximate surface area is 208 Å². The molecule has 4 rings (SSSR count). The molecule has 2 N–H and O–H groups in total. The van der Waals surface area contributed by atoms with E-state index in [2.05, 4.69) is 68.7 Å². The van der Waals surface area contributed by atoms with Crippen molar-refractivity contribution in [1.29, 1.82) is 0 Å². The van der Waals surface area contributed by atoms with E-state index in [-0.39, 0.29) is 5.41 Å². The van der Waals surface area contributed by atoms with Gasteiger partial charge in [0.2, 0.25) is 0 Å². The molecule has 0 amide bonds. The molecule has 6 nitrogen and oxygen atoms in total. The van der Waals surface area contributed by atoms with Crippen LogP contribution >= 0.6 is 0 Å². The third kappa shape index (κ3) is 5.28. The molecule has 182 valence electrons. The Bertz CT molecular complexity index is 1260. The zero-order valence-electron chi connectivity index (χ0n) is 21.3. The van der Waals surface area contributed by atoms with E-state index in [4.69, 9.17) is 20.8 Å². The molecule has 0 saturated heterocycles. The molecule has 2 heterocycles. The van der Waals surface area contributed by atoms with E-state index in [0.29, 0.717) is 23.8 Å². The molecule has 0 bridgehead atoms. The summed E-state index contributed by atoms with van der Waals surface area (Å²) in [4.78, 5) is 14.3. The Morgan fingerprint density at radius 2 is 2.03 bits per heavy atom. The highest BCUT2D eigenvalue weighted by atomic mass is 16.6. The number of allylic oxidation sites excluding steroid dienone is 1. The summed E-state index contributed by atoms with van der Waals surface area (Å²) in [7, 11) is 0. The summed E-state index contributed by atoms with van der Waals surface area (Å²) in [6, 6.07) is 8.21. The lowest BCUT2D eigenvalue weighted by Gasteiger charge is -2.30. The zero-order valence-corrected chi connectivity index (χ0v) is 21.3. The van der Waals surface area contributed by atoms with Gasteiger partial charge in [0.1, 0.15) is 0 Å². The van der Waals surface area contributed by atoms with Gasteiger partial charge in [0.15, 0.2) is 5.69 Å². The van der Waals surface area contributed by atoms with Gasteiger partial charge in [-0.05, 0) is 85.4 Å². The van der Waals surface area contributed by atoms with E-state index < -0.39 is 0 Å². The maximum atomic E-state index is 5.76. The van der Waals surface area contributed by atoms with Gasteiger partial charge in [-0.15, -0.1) is 6.58 Å². The van der Waals surface area contributed by atoms with Crippen LogP contribution in [0.15, 0.2) is 60.9 Å². The topological polar surface area (TPSA) is 78.3 Å². The fourth-order valence-electron chi connectivity index (χ4n) is 4.92. The summed E-state index contributed by atoms with van der Waals surface area (Å²) in [5.41, 5.74) is 9.52. The first-order valence-corrected chi connectivity index (χ1v) is 12.1. The van der Waals surface area contributed by atoms with Gasteiger partial charge < -0.3 is 4.84 Å². The Hall–Kier alpha value is -3.51. The molecule has 35 heavy (non-hydrogen) atoms. The second-order valence-corrected chi connectivity index (χ2v) is 10.2. The molecule has 2 aromatic heterocycles. The third-order valence-electron chi connectivity index (χ3n) is 6.85. The summed E-state index contributed by atoms with van der Waals surface area (Å²) < 4.78 is 2.05. The van der Waals surface area contributed by atoms with Crippen LogP contribution < -0.4 is 5.90 Å². The van der Waals surface area contributed by atoms with Crippen molar-refractivity contribution in [2.75, 3.05) is 0 Å². The van der Waals surface area contributed by atoms with Gasteiger partial charge in [0.25, 0.3) is 5.90 Å². The minimum Gasteiger partial charge on any atom is -0.389 e. The van der Waals surface area contributed by atoms with E-state index in [1.54, 1.807) is 6.20 Å². The van der Waals surface area contributed by atoms with Crippen molar-refractivity contribution >= 4 is 11.6 Å². The molecule has 0 aliphatic heterocycles. The minimum atomic E-state index is 0.198. The van der Waals surface area contributed by atoms with Crippen LogP contribution in [0.3, 0.4) is 0 Å².